The molecule has 1 aromatic rings. The zero-order valence-corrected chi connectivity index (χ0v) is 6.70. The van der Waals surface area contributed by atoms with Crippen molar-refractivity contribution in [2.24, 2.45) is 0 Å². The third-order valence-electron chi connectivity index (χ3n) is 1.43. The molecule has 0 N–H and O–H groups in total. The first-order chi connectivity index (χ1) is 6.26. The number of hydrogen-bond donors (Lipinski definition) is 0. The summed E-state index contributed by atoms with van der Waals surface area (Å²) < 4.78 is 12.8. The lowest BCUT2D eigenvalue weighted by Gasteiger charge is -1.95. The minimum absolute atomic E-state index is 0.262. The van der Waals surface area contributed by atoms with Crippen LogP contribution in [0.2, 0.25) is 0 Å². The highest BCUT2D eigenvalue weighted by Gasteiger charge is 1.96. The van der Waals surface area contributed by atoms with E-state index in [0.29, 0.717) is 11.8 Å². The standard InChI is InChI=1S/C10H6FNO/c11-10-5-8(2-1-3-12)4-9(6-10)7-13/h1-2,4-7H. The lowest BCUT2D eigenvalue weighted by atomic mass is 10.1. The van der Waals surface area contributed by atoms with E-state index in [0.717, 1.165) is 6.07 Å². The van der Waals surface area contributed by atoms with E-state index in [1.165, 1.54) is 24.3 Å². The molecule has 0 saturated heterocycles. The number of allylic oxidation sites excluding steroid dienone is 1. The average molecular weight is 175 g/mol. The van der Waals surface area contributed by atoms with Crippen LogP contribution < -0.4 is 0 Å². The fraction of sp³-hybridized carbons (Fsp3) is 0. The number of hydrogen-bond acceptors (Lipinski definition) is 2. The van der Waals surface area contributed by atoms with Crippen molar-refractivity contribution in [2.45, 2.75) is 0 Å². The summed E-state index contributed by atoms with van der Waals surface area (Å²) in [7, 11) is 0. The molecule has 13 heavy (non-hydrogen) atoms. The Morgan fingerprint density at radius 2 is 2.00 bits per heavy atom. The quantitative estimate of drug-likeness (QED) is 0.510. The molecule has 0 spiro atoms. The van der Waals surface area contributed by atoms with Gasteiger partial charge in [0.25, 0.3) is 0 Å². The van der Waals surface area contributed by atoms with E-state index >= 15 is 0 Å². The summed E-state index contributed by atoms with van der Waals surface area (Å²) in [5, 5.41) is 8.22. The van der Waals surface area contributed by atoms with Gasteiger partial charge in [0.15, 0.2) is 0 Å². The number of halogens is 1. The summed E-state index contributed by atoms with van der Waals surface area (Å²) in [5.41, 5.74) is 0.765. The molecule has 0 aliphatic carbocycles. The lowest BCUT2D eigenvalue weighted by molar-refractivity contribution is 0.112. The summed E-state index contributed by atoms with van der Waals surface area (Å²) in [4.78, 5) is 10.3. The van der Waals surface area contributed by atoms with E-state index in [1.807, 2.05) is 0 Å². The van der Waals surface area contributed by atoms with E-state index in [1.54, 1.807) is 6.07 Å². The molecule has 3 heteroatoms. The van der Waals surface area contributed by atoms with Crippen LogP contribution in [0.1, 0.15) is 15.9 Å². The molecule has 0 bridgehead atoms. The molecule has 0 heterocycles. The minimum Gasteiger partial charge on any atom is -0.298 e. The van der Waals surface area contributed by atoms with Gasteiger partial charge in [-0.1, -0.05) is 0 Å². The molecule has 0 aliphatic rings. The maximum Gasteiger partial charge on any atom is 0.150 e. The number of carbonyl (C=O) groups is 1. The molecule has 0 saturated carbocycles. The maximum atomic E-state index is 12.8. The van der Waals surface area contributed by atoms with Crippen LogP contribution in [0.3, 0.4) is 0 Å². The SMILES string of the molecule is N#CC=Cc1cc(F)cc(C=O)c1. The van der Waals surface area contributed by atoms with Gasteiger partial charge >= 0.3 is 0 Å². The average Bonchev–Trinajstić information content (AvgIpc) is 2.14. The molecular weight excluding hydrogens is 169 g/mol. The Kier molecular flexibility index (Phi) is 2.93. The zero-order valence-electron chi connectivity index (χ0n) is 6.70. The second-order valence-corrected chi connectivity index (χ2v) is 2.40. The third kappa shape index (κ3) is 2.53. The summed E-state index contributed by atoms with van der Waals surface area (Å²) >= 11 is 0. The topological polar surface area (TPSA) is 40.9 Å². The fourth-order valence-electron chi connectivity index (χ4n) is 0.934. The summed E-state index contributed by atoms with van der Waals surface area (Å²) in [6, 6.07) is 5.67. The highest BCUT2D eigenvalue weighted by atomic mass is 19.1. The molecule has 64 valence electrons. The van der Waals surface area contributed by atoms with Gasteiger partial charge in [-0.15, -0.1) is 0 Å². The number of nitrogens with zero attached hydrogens (tertiary/aromatic N) is 1. The van der Waals surface area contributed by atoms with E-state index in [9.17, 15) is 9.18 Å². The second kappa shape index (κ2) is 4.17. The Balaban J connectivity index is 3.09. The highest BCUT2D eigenvalue weighted by Crippen LogP contribution is 2.09. The Morgan fingerprint density at radius 1 is 1.31 bits per heavy atom. The summed E-state index contributed by atoms with van der Waals surface area (Å²) in [6.45, 7) is 0. The van der Waals surface area contributed by atoms with Gasteiger partial charge in [-0.05, 0) is 29.8 Å². The smallest absolute Gasteiger partial charge is 0.150 e. The van der Waals surface area contributed by atoms with Crippen molar-refractivity contribution in [3.8, 4) is 6.07 Å². The molecule has 1 aromatic carbocycles. The van der Waals surface area contributed by atoms with Crippen molar-refractivity contribution >= 4 is 12.4 Å². The fourth-order valence-corrected chi connectivity index (χ4v) is 0.934. The number of aldehydes is 1. The predicted molar refractivity (Wildman–Crippen MR) is 46.4 cm³/mol. The number of nitriles is 1. The normalized spacial score (nSPS) is 9.85. The first-order valence-corrected chi connectivity index (χ1v) is 3.58. The van der Waals surface area contributed by atoms with Crippen LogP contribution >= 0.6 is 0 Å². The van der Waals surface area contributed by atoms with E-state index < -0.39 is 5.82 Å². The first-order valence-electron chi connectivity index (χ1n) is 3.58. The highest BCUT2D eigenvalue weighted by molar-refractivity contribution is 5.76. The van der Waals surface area contributed by atoms with Gasteiger partial charge in [0.1, 0.15) is 12.1 Å². The van der Waals surface area contributed by atoms with Gasteiger partial charge in [-0.2, -0.15) is 5.26 Å². The van der Waals surface area contributed by atoms with Crippen molar-refractivity contribution < 1.29 is 9.18 Å². The third-order valence-corrected chi connectivity index (χ3v) is 1.43. The molecule has 1 rings (SSSR count). The van der Waals surface area contributed by atoms with Crippen LogP contribution in [-0.4, -0.2) is 6.29 Å². The van der Waals surface area contributed by atoms with Crippen molar-refractivity contribution in [2.75, 3.05) is 0 Å². The van der Waals surface area contributed by atoms with Crippen LogP contribution in [0.5, 0.6) is 0 Å². The molecule has 0 aromatic heterocycles. The largest absolute Gasteiger partial charge is 0.298 e. The van der Waals surface area contributed by atoms with Gasteiger partial charge in [0.05, 0.1) is 6.07 Å². The molecule has 0 aliphatic heterocycles. The van der Waals surface area contributed by atoms with Gasteiger partial charge in [-0.3, -0.25) is 4.79 Å². The van der Waals surface area contributed by atoms with Crippen molar-refractivity contribution in [3.05, 3.63) is 41.2 Å². The minimum atomic E-state index is -0.484. The zero-order chi connectivity index (χ0) is 9.68. The summed E-state index contributed by atoms with van der Waals surface area (Å²) in [6.07, 6.45) is 3.23. The van der Waals surface area contributed by atoms with Crippen molar-refractivity contribution in [3.63, 3.8) is 0 Å². The second-order valence-electron chi connectivity index (χ2n) is 2.40. The summed E-state index contributed by atoms with van der Waals surface area (Å²) in [5.74, 6) is -0.484. The Bertz CT molecular complexity index is 390. The number of rotatable bonds is 2. The van der Waals surface area contributed by atoms with Crippen LogP contribution in [0, 0.1) is 17.1 Å². The number of carbonyl (C=O) groups excluding carboxylic acids is 1. The van der Waals surface area contributed by atoms with Gasteiger partial charge in [0.2, 0.25) is 0 Å². The lowest BCUT2D eigenvalue weighted by Crippen LogP contribution is -1.84. The van der Waals surface area contributed by atoms with Gasteiger partial charge in [-0.25, -0.2) is 4.39 Å². The van der Waals surface area contributed by atoms with Crippen molar-refractivity contribution in [1.29, 1.82) is 5.26 Å². The molecule has 2 nitrogen and oxygen atoms in total. The Morgan fingerprint density at radius 3 is 2.62 bits per heavy atom. The van der Waals surface area contributed by atoms with Crippen LogP contribution in [-0.2, 0) is 0 Å². The molecule has 0 unspecified atom stereocenters. The maximum absolute atomic E-state index is 12.8. The van der Waals surface area contributed by atoms with Crippen molar-refractivity contribution in [1.82, 2.24) is 0 Å². The number of benzene rings is 1. The first kappa shape index (κ1) is 9.14. The van der Waals surface area contributed by atoms with E-state index in [4.69, 9.17) is 5.26 Å². The van der Waals surface area contributed by atoms with Gasteiger partial charge < -0.3 is 0 Å². The molecular formula is C10H6FNO. The molecule has 0 atom stereocenters. The monoisotopic (exact) mass is 175 g/mol. The molecule has 0 amide bonds. The van der Waals surface area contributed by atoms with E-state index in [2.05, 4.69) is 0 Å². The van der Waals surface area contributed by atoms with E-state index in [-0.39, 0.29) is 5.56 Å². The van der Waals surface area contributed by atoms with Gasteiger partial charge in [0, 0.05) is 11.6 Å². The molecule has 0 radical (unpaired) electrons. The Hall–Kier alpha value is -1.95. The predicted octanol–water partition coefficient (Wildman–Crippen LogP) is 2.17. The Labute approximate surface area is 74.9 Å². The van der Waals surface area contributed by atoms with Crippen LogP contribution in [0.15, 0.2) is 24.3 Å². The van der Waals surface area contributed by atoms with Crippen LogP contribution in [0.25, 0.3) is 6.08 Å². The molecule has 0 fully saturated rings. The van der Waals surface area contributed by atoms with Crippen LogP contribution in [0.4, 0.5) is 4.39 Å².